The molecule has 1 unspecified atom stereocenters. The highest BCUT2D eigenvalue weighted by Gasteiger charge is 2.40. The Balaban J connectivity index is 1.10. The van der Waals surface area contributed by atoms with Crippen LogP contribution in [0.5, 0.6) is 0 Å². The Morgan fingerprint density at radius 1 is 1.05 bits per heavy atom. The van der Waals surface area contributed by atoms with Crippen molar-refractivity contribution in [1.29, 1.82) is 0 Å². The Hall–Kier alpha value is -2.82. The number of nitrogens with zero attached hydrogens (tertiary/aromatic N) is 3. The second-order valence-electron chi connectivity index (χ2n) is 10.7. The molecule has 4 heterocycles. The molecule has 2 atom stereocenters. The van der Waals surface area contributed by atoms with Gasteiger partial charge in [0.2, 0.25) is 17.7 Å². The maximum absolute atomic E-state index is 13.1. The molecule has 0 aromatic heterocycles. The van der Waals surface area contributed by atoms with Crippen molar-refractivity contribution >= 4 is 29.3 Å². The Morgan fingerprint density at radius 2 is 1.84 bits per heavy atom. The van der Waals surface area contributed by atoms with Gasteiger partial charge in [-0.25, -0.2) is 0 Å². The predicted molar refractivity (Wildman–Crippen MR) is 137 cm³/mol. The van der Waals surface area contributed by atoms with Crippen LogP contribution in [-0.2, 0) is 25.7 Å². The van der Waals surface area contributed by atoms with E-state index in [2.05, 4.69) is 27.4 Å². The number of hydrogen-bond donors (Lipinski definition) is 2. The molecule has 37 heavy (non-hydrogen) atoms. The van der Waals surface area contributed by atoms with Gasteiger partial charge in [-0.15, -0.1) is 0 Å². The molecule has 4 amide bonds. The molecule has 5 rings (SSSR count). The standard InChI is InChI=1S/C27H37N5O5/c1-18-7-10-30(11-8-18)13-15-37-16-14-31-12-9-22(31)25(34)28-21-4-2-3-19-20(21)17-32(27(19)36)23-5-6-24(33)29-26(23)35/h2-4,18,22-23H,5-17H2,1H3,(H,28,34)(H,29,33,35)/t22-,23?/m1/s1. The van der Waals surface area contributed by atoms with E-state index < -0.39 is 11.9 Å². The van der Waals surface area contributed by atoms with Gasteiger partial charge >= 0.3 is 0 Å². The highest BCUT2D eigenvalue weighted by Crippen LogP contribution is 2.33. The van der Waals surface area contributed by atoms with Crippen LogP contribution in [0.15, 0.2) is 18.2 Å². The van der Waals surface area contributed by atoms with Crippen molar-refractivity contribution in [1.82, 2.24) is 20.0 Å². The summed E-state index contributed by atoms with van der Waals surface area (Å²) in [5, 5.41) is 5.34. The van der Waals surface area contributed by atoms with Crippen molar-refractivity contribution in [2.75, 3.05) is 51.3 Å². The largest absolute Gasteiger partial charge is 0.379 e. The third kappa shape index (κ3) is 5.71. The minimum Gasteiger partial charge on any atom is -0.379 e. The molecule has 4 aliphatic heterocycles. The van der Waals surface area contributed by atoms with Gasteiger partial charge in [0.05, 0.1) is 19.3 Å². The number of anilines is 1. The number of nitrogens with one attached hydrogen (secondary N) is 2. The molecule has 1 aromatic rings. The second kappa shape index (κ2) is 11.3. The number of fused-ring (bicyclic) bond motifs is 1. The van der Waals surface area contributed by atoms with Crippen LogP contribution in [-0.4, -0.2) is 96.3 Å². The summed E-state index contributed by atoms with van der Waals surface area (Å²) in [6.07, 6.45) is 3.83. The molecule has 3 fully saturated rings. The van der Waals surface area contributed by atoms with E-state index in [1.165, 1.54) is 17.7 Å². The normalized spacial score (nSPS) is 25.1. The van der Waals surface area contributed by atoms with Crippen molar-refractivity contribution in [3.63, 3.8) is 0 Å². The van der Waals surface area contributed by atoms with Gasteiger partial charge in [-0.1, -0.05) is 13.0 Å². The topological polar surface area (TPSA) is 111 Å². The number of carbonyl (C=O) groups excluding carboxylic acids is 4. The first-order valence-corrected chi connectivity index (χ1v) is 13.5. The lowest BCUT2D eigenvalue weighted by atomic mass is 9.99. The number of hydrogen-bond acceptors (Lipinski definition) is 7. The molecule has 0 radical (unpaired) electrons. The monoisotopic (exact) mass is 511 g/mol. The lowest BCUT2D eigenvalue weighted by Gasteiger charge is -2.39. The van der Waals surface area contributed by atoms with Crippen LogP contribution in [0.3, 0.4) is 0 Å². The SMILES string of the molecule is CC1CCN(CCOCCN2CC[C@@H]2C(=O)Nc2cccc3c2CN(C2CCC(=O)NC2=O)C3=O)CC1. The lowest BCUT2D eigenvalue weighted by Crippen LogP contribution is -2.55. The van der Waals surface area contributed by atoms with E-state index in [0.717, 1.165) is 38.5 Å². The first kappa shape index (κ1) is 25.8. The van der Waals surface area contributed by atoms with E-state index in [0.29, 0.717) is 43.0 Å². The van der Waals surface area contributed by atoms with Crippen molar-refractivity contribution in [3.8, 4) is 0 Å². The van der Waals surface area contributed by atoms with E-state index in [4.69, 9.17) is 4.74 Å². The molecule has 0 aliphatic carbocycles. The predicted octanol–water partition coefficient (Wildman–Crippen LogP) is 1.21. The fourth-order valence-corrected chi connectivity index (χ4v) is 5.69. The molecular formula is C27H37N5O5. The van der Waals surface area contributed by atoms with E-state index in [-0.39, 0.29) is 36.7 Å². The van der Waals surface area contributed by atoms with E-state index in [1.807, 2.05) is 0 Å². The average molecular weight is 512 g/mol. The van der Waals surface area contributed by atoms with Gasteiger partial charge in [0.1, 0.15) is 6.04 Å². The smallest absolute Gasteiger partial charge is 0.255 e. The fraction of sp³-hybridized carbons (Fsp3) is 0.630. The number of rotatable bonds is 9. The maximum atomic E-state index is 13.1. The number of carbonyl (C=O) groups is 4. The number of amides is 4. The highest BCUT2D eigenvalue weighted by molar-refractivity contribution is 6.07. The van der Waals surface area contributed by atoms with Crippen LogP contribution >= 0.6 is 0 Å². The molecule has 200 valence electrons. The summed E-state index contributed by atoms with van der Waals surface area (Å²) in [4.78, 5) is 56.0. The Labute approximate surface area is 217 Å². The second-order valence-corrected chi connectivity index (χ2v) is 10.7. The summed E-state index contributed by atoms with van der Waals surface area (Å²) in [6.45, 7) is 8.70. The third-order valence-electron chi connectivity index (χ3n) is 8.22. The van der Waals surface area contributed by atoms with E-state index in [9.17, 15) is 19.2 Å². The molecule has 0 spiro atoms. The average Bonchev–Trinajstić information content (AvgIpc) is 3.19. The minimum absolute atomic E-state index is 0.0889. The van der Waals surface area contributed by atoms with Crippen molar-refractivity contribution in [2.45, 2.75) is 57.7 Å². The quantitative estimate of drug-likeness (QED) is 0.379. The summed E-state index contributed by atoms with van der Waals surface area (Å²) in [5.41, 5.74) is 1.81. The van der Waals surface area contributed by atoms with Crippen LogP contribution in [0.25, 0.3) is 0 Å². The summed E-state index contributed by atoms with van der Waals surface area (Å²) in [7, 11) is 0. The first-order valence-electron chi connectivity index (χ1n) is 13.5. The van der Waals surface area contributed by atoms with Gasteiger partial charge in [-0.3, -0.25) is 29.4 Å². The zero-order valence-electron chi connectivity index (χ0n) is 21.5. The molecule has 4 aliphatic rings. The third-order valence-corrected chi connectivity index (χ3v) is 8.22. The molecule has 2 N–H and O–H groups in total. The highest BCUT2D eigenvalue weighted by atomic mass is 16.5. The van der Waals surface area contributed by atoms with Gasteiger partial charge in [0, 0.05) is 49.4 Å². The number of likely N-dealkylation sites (tertiary alicyclic amines) is 2. The Bertz CT molecular complexity index is 1050. The maximum Gasteiger partial charge on any atom is 0.255 e. The Morgan fingerprint density at radius 3 is 2.57 bits per heavy atom. The van der Waals surface area contributed by atoms with Gasteiger partial charge in [0.15, 0.2) is 0 Å². The molecule has 0 bridgehead atoms. The first-order chi connectivity index (χ1) is 17.9. The van der Waals surface area contributed by atoms with Crippen LogP contribution in [0.4, 0.5) is 5.69 Å². The summed E-state index contributed by atoms with van der Waals surface area (Å²) in [5.74, 6) is -0.268. The minimum atomic E-state index is -0.679. The summed E-state index contributed by atoms with van der Waals surface area (Å²) in [6, 6.07) is 4.37. The van der Waals surface area contributed by atoms with Crippen LogP contribution in [0.2, 0.25) is 0 Å². The van der Waals surface area contributed by atoms with Crippen molar-refractivity contribution < 1.29 is 23.9 Å². The number of imide groups is 1. The zero-order chi connectivity index (χ0) is 25.9. The van der Waals surface area contributed by atoms with E-state index in [1.54, 1.807) is 18.2 Å². The molecule has 3 saturated heterocycles. The summed E-state index contributed by atoms with van der Waals surface area (Å²) < 4.78 is 5.86. The number of benzene rings is 1. The van der Waals surface area contributed by atoms with Crippen LogP contribution in [0, 0.1) is 5.92 Å². The van der Waals surface area contributed by atoms with Crippen LogP contribution < -0.4 is 10.6 Å². The van der Waals surface area contributed by atoms with Crippen molar-refractivity contribution in [2.24, 2.45) is 5.92 Å². The molecule has 1 aromatic carbocycles. The summed E-state index contributed by atoms with van der Waals surface area (Å²) >= 11 is 0. The molecule has 10 nitrogen and oxygen atoms in total. The van der Waals surface area contributed by atoms with Gasteiger partial charge in [-0.2, -0.15) is 0 Å². The fourth-order valence-electron chi connectivity index (χ4n) is 5.69. The number of ether oxygens (including phenoxy) is 1. The molecular weight excluding hydrogens is 474 g/mol. The van der Waals surface area contributed by atoms with E-state index >= 15 is 0 Å². The Kier molecular flexibility index (Phi) is 7.87. The van der Waals surface area contributed by atoms with Gasteiger partial charge in [0.25, 0.3) is 5.91 Å². The van der Waals surface area contributed by atoms with Crippen LogP contribution in [0.1, 0.15) is 54.9 Å². The lowest BCUT2D eigenvalue weighted by molar-refractivity contribution is -0.137. The number of piperidine rings is 2. The van der Waals surface area contributed by atoms with Gasteiger partial charge < -0.3 is 19.9 Å². The molecule has 0 saturated carbocycles. The van der Waals surface area contributed by atoms with Gasteiger partial charge in [-0.05, 0) is 56.8 Å². The zero-order valence-corrected chi connectivity index (χ0v) is 21.5. The molecule has 10 heteroatoms. The van der Waals surface area contributed by atoms with Crippen molar-refractivity contribution in [3.05, 3.63) is 29.3 Å².